The van der Waals surface area contributed by atoms with Gasteiger partial charge in [0.15, 0.2) is 0 Å². The smallest absolute Gasteiger partial charge is 0.240 e. The Hall–Kier alpha value is -1.04. The molecule has 16 heavy (non-hydrogen) atoms. The van der Waals surface area contributed by atoms with Gasteiger partial charge in [0.2, 0.25) is 5.91 Å². The average Bonchev–Trinajstić information content (AvgIpc) is 2.77. The van der Waals surface area contributed by atoms with Gasteiger partial charge in [-0.25, -0.2) is 0 Å². The molecule has 1 aliphatic rings. The third-order valence-corrected chi connectivity index (χ3v) is 2.82. The Morgan fingerprint density at radius 1 is 1.31 bits per heavy atom. The van der Waals surface area contributed by atoms with E-state index < -0.39 is 5.41 Å². The van der Waals surface area contributed by atoms with Gasteiger partial charge in [-0.3, -0.25) is 4.79 Å². The van der Waals surface area contributed by atoms with E-state index in [1.54, 1.807) is 0 Å². The van der Waals surface area contributed by atoms with Crippen molar-refractivity contribution in [1.29, 1.82) is 5.26 Å². The zero-order chi connectivity index (χ0) is 12.6. The Bertz CT molecular complexity index is 327. The van der Waals surface area contributed by atoms with Gasteiger partial charge in [-0.15, -0.1) is 0 Å². The van der Waals surface area contributed by atoms with Gasteiger partial charge in [-0.05, 0) is 38.5 Å². The SMILES string of the molecule is CC(C)(C)CC(C)(C)NC(=O)C1(C#N)CC1. The molecule has 1 amide bonds. The number of rotatable bonds is 3. The van der Waals surface area contributed by atoms with E-state index in [1.165, 1.54) is 0 Å². The molecule has 1 N–H and O–H groups in total. The maximum absolute atomic E-state index is 11.9. The molecule has 0 spiro atoms. The second-order valence-electron chi connectivity index (χ2n) is 6.77. The summed E-state index contributed by atoms with van der Waals surface area (Å²) in [5.74, 6) is -0.0933. The Labute approximate surface area is 98.2 Å². The fraction of sp³-hybridized carbons (Fsp3) is 0.846. The number of carbonyl (C=O) groups excluding carboxylic acids is 1. The molecule has 0 bridgehead atoms. The number of nitriles is 1. The summed E-state index contributed by atoms with van der Waals surface area (Å²) >= 11 is 0. The maximum Gasteiger partial charge on any atom is 0.240 e. The van der Waals surface area contributed by atoms with E-state index in [0.29, 0.717) is 12.8 Å². The van der Waals surface area contributed by atoms with Crippen LogP contribution in [0.5, 0.6) is 0 Å². The highest BCUT2D eigenvalue weighted by molar-refractivity contribution is 5.88. The lowest BCUT2D eigenvalue weighted by molar-refractivity contribution is -0.126. The molecule has 90 valence electrons. The van der Waals surface area contributed by atoms with Gasteiger partial charge in [0.05, 0.1) is 6.07 Å². The lowest BCUT2D eigenvalue weighted by Gasteiger charge is -2.34. The molecule has 1 saturated carbocycles. The third kappa shape index (κ3) is 3.23. The summed E-state index contributed by atoms with van der Waals surface area (Å²) < 4.78 is 0. The summed E-state index contributed by atoms with van der Waals surface area (Å²) in [6.45, 7) is 10.5. The number of carbonyl (C=O) groups is 1. The van der Waals surface area contributed by atoms with Crippen molar-refractivity contribution in [3.05, 3.63) is 0 Å². The fourth-order valence-electron chi connectivity index (χ4n) is 2.31. The van der Waals surface area contributed by atoms with Crippen LogP contribution in [0.15, 0.2) is 0 Å². The molecule has 0 heterocycles. The van der Waals surface area contributed by atoms with E-state index in [2.05, 4.69) is 32.2 Å². The summed E-state index contributed by atoms with van der Waals surface area (Å²) in [6, 6.07) is 2.13. The lowest BCUT2D eigenvalue weighted by Crippen LogP contribution is -2.48. The van der Waals surface area contributed by atoms with Crippen LogP contribution in [0.4, 0.5) is 0 Å². The van der Waals surface area contributed by atoms with Crippen LogP contribution in [0.2, 0.25) is 0 Å². The Kier molecular flexibility index (Phi) is 3.06. The molecule has 0 aromatic rings. The first-order valence-corrected chi connectivity index (χ1v) is 5.84. The Balaban J connectivity index is 2.60. The second-order valence-corrected chi connectivity index (χ2v) is 6.77. The molecule has 0 aromatic carbocycles. The van der Waals surface area contributed by atoms with Crippen LogP contribution in [0, 0.1) is 22.2 Å². The van der Waals surface area contributed by atoms with Gasteiger partial charge in [-0.1, -0.05) is 20.8 Å². The summed E-state index contributed by atoms with van der Waals surface area (Å²) in [5, 5.41) is 12.0. The number of hydrogen-bond donors (Lipinski definition) is 1. The highest BCUT2D eigenvalue weighted by Crippen LogP contribution is 2.45. The average molecular weight is 222 g/mol. The van der Waals surface area contributed by atoms with Crippen LogP contribution in [0.1, 0.15) is 53.9 Å². The molecular weight excluding hydrogens is 200 g/mol. The van der Waals surface area contributed by atoms with Crippen molar-refractivity contribution in [3.8, 4) is 6.07 Å². The number of nitrogens with zero attached hydrogens (tertiary/aromatic N) is 1. The molecule has 0 aliphatic heterocycles. The monoisotopic (exact) mass is 222 g/mol. The molecule has 1 rings (SSSR count). The summed E-state index contributed by atoms with van der Waals surface area (Å²) in [7, 11) is 0. The molecule has 0 unspecified atom stereocenters. The summed E-state index contributed by atoms with van der Waals surface area (Å²) in [4.78, 5) is 11.9. The largest absolute Gasteiger partial charge is 0.350 e. The van der Waals surface area contributed by atoms with Crippen molar-refractivity contribution in [1.82, 2.24) is 5.32 Å². The topological polar surface area (TPSA) is 52.9 Å². The van der Waals surface area contributed by atoms with E-state index in [0.717, 1.165) is 6.42 Å². The number of hydrogen-bond acceptors (Lipinski definition) is 2. The van der Waals surface area contributed by atoms with E-state index in [1.807, 2.05) is 13.8 Å². The Morgan fingerprint density at radius 2 is 1.81 bits per heavy atom. The number of amides is 1. The van der Waals surface area contributed by atoms with Gasteiger partial charge in [-0.2, -0.15) is 5.26 Å². The summed E-state index contributed by atoms with van der Waals surface area (Å²) in [6.07, 6.45) is 2.31. The predicted octanol–water partition coefficient (Wildman–Crippen LogP) is 2.62. The normalized spacial score (nSPS) is 18.8. The molecule has 3 heteroatoms. The van der Waals surface area contributed by atoms with Gasteiger partial charge in [0.25, 0.3) is 0 Å². The van der Waals surface area contributed by atoms with Crippen molar-refractivity contribution in [3.63, 3.8) is 0 Å². The lowest BCUT2D eigenvalue weighted by atomic mass is 9.81. The molecule has 0 radical (unpaired) electrons. The second kappa shape index (κ2) is 3.76. The van der Waals surface area contributed by atoms with E-state index in [4.69, 9.17) is 5.26 Å². The molecule has 0 aromatic heterocycles. The highest BCUT2D eigenvalue weighted by atomic mass is 16.2. The van der Waals surface area contributed by atoms with Crippen molar-refractivity contribution in [2.75, 3.05) is 0 Å². The molecule has 0 saturated heterocycles. The van der Waals surface area contributed by atoms with Crippen molar-refractivity contribution < 1.29 is 4.79 Å². The van der Waals surface area contributed by atoms with Gasteiger partial charge in [0, 0.05) is 5.54 Å². The minimum atomic E-state index is -0.713. The van der Waals surface area contributed by atoms with Crippen LogP contribution in [-0.2, 0) is 4.79 Å². The first-order chi connectivity index (χ1) is 7.10. The standard InChI is InChI=1S/C13H22N2O/c1-11(2,3)8-12(4,5)15-10(16)13(9-14)6-7-13/h6-8H2,1-5H3,(H,15,16). The van der Waals surface area contributed by atoms with Crippen LogP contribution in [0.3, 0.4) is 0 Å². The van der Waals surface area contributed by atoms with Gasteiger partial charge >= 0.3 is 0 Å². The van der Waals surface area contributed by atoms with Crippen molar-refractivity contribution in [2.45, 2.75) is 59.4 Å². The zero-order valence-electron chi connectivity index (χ0n) is 11.0. The number of nitrogens with one attached hydrogen (secondary N) is 1. The van der Waals surface area contributed by atoms with Gasteiger partial charge < -0.3 is 5.32 Å². The molecule has 0 atom stereocenters. The fourth-order valence-corrected chi connectivity index (χ4v) is 2.31. The molecular formula is C13H22N2O. The van der Waals surface area contributed by atoms with E-state index in [-0.39, 0.29) is 16.9 Å². The quantitative estimate of drug-likeness (QED) is 0.798. The first-order valence-electron chi connectivity index (χ1n) is 5.84. The third-order valence-electron chi connectivity index (χ3n) is 2.82. The maximum atomic E-state index is 11.9. The van der Waals surface area contributed by atoms with Crippen molar-refractivity contribution in [2.24, 2.45) is 10.8 Å². The molecule has 3 nitrogen and oxygen atoms in total. The predicted molar refractivity (Wildman–Crippen MR) is 63.6 cm³/mol. The Morgan fingerprint density at radius 3 is 2.12 bits per heavy atom. The van der Waals surface area contributed by atoms with Crippen LogP contribution < -0.4 is 5.32 Å². The minimum absolute atomic E-state index is 0.0933. The van der Waals surface area contributed by atoms with E-state index >= 15 is 0 Å². The van der Waals surface area contributed by atoms with Crippen LogP contribution >= 0.6 is 0 Å². The highest BCUT2D eigenvalue weighted by Gasteiger charge is 2.51. The zero-order valence-corrected chi connectivity index (χ0v) is 11.0. The first kappa shape index (κ1) is 13.0. The minimum Gasteiger partial charge on any atom is -0.350 e. The molecule has 1 aliphatic carbocycles. The van der Waals surface area contributed by atoms with Crippen LogP contribution in [-0.4, -0.2) is 11.4 Å². The summed E-state index contributed by atoms with van der Waals surface area (Å²) in [5.41, 5.74) is -0.795. The van der Waals surface area contributed by atoms with Gasteiger partial charge in [0.1, 0.15) is 5.41 Å². The molecule has 1 fully saturated rings. The van der Waals surface area contributed by atoms with Crippen molar-refractivity contribution >= 4 is 5.91 Å². The van der Waals surface area contributed by atoms with Crippen LogP contribution in [0.25, 0.3) is 0 Å². The van der Waals surface area contributed by atoms with E-state index in [9.17, 15) is 4.79 Å².